The summed E-state index contributed by atoms with van der Waals surface area (Å²) in [6.45, 7) is 2.11. The summed E-state index contributed by atoms with van der Waals surface area (Å²) in [5.74, 6) is 5.40. The Morgan fingerprint density at radius 3 is 3.00 bits per heavy atom. The lowest BCUT2D eigenvalue weighted by atomic mass is 10.3. The molecule has 1 aromatic heterocycles. The maximum Gasteiger partial charge on any atom is 0.155 e. The minimum Gasteiger partial charge on any atom is -0.505 e. The van der Waals surface area contributed by atoms with E-state index < -0.39 is 0 Å². The Labute approximate surface area is 71.2 Å². The molecule has 0 aliphatic carbocycles. The van der Waals surface area contributed by atoms with Crippen LogP contribution in [-0.2, 0) is 0 Å². The number of rotatable bonds is 0. The van der Waals surface area contributed by atoms with Crippen molar-refractivity contribution in [3.05, 3.63) is 23.5 Å². The normalized spacial score (nSPS) is 8.83. The zero-order valence-electron chi connectivity index (χ0n) is 6.83. The van der Waals surface area contributed by atoms with E-state index in [2.05, 4.69) is 16.8 Å². The van der Waals surface area contributed by atoms with Gasteiger partial charge in [-0.25, -0.2) is 4.98 Å². The molecule has 3 N–H and O–H groups in total. The zero-order chi connectivity index (χ0) is 8.97. The molecule has 0 unspecified atom stereocenters. The SMILES string of the molecule is Cc1ccc(O)c(C#CCN)n1. The molecule has 1 aromatic rings. The Bertz CT molecular complexity index is 336. The monoisotopic (exact) mass is 162 g/mol. The van der Waals surface area contributed by atoms with Crippen LogP contribution in [0.3, 0.4) is 0 Å². The van der Waals surface area contributed by atoms with Crippen LogP contribution in [0.4, 0.5) is 0 Å². The summed E-state index contributed by atoms with van der Waals surface area (Å²) in [5, 5.41) is 9.26. The Balaban J connectivity index is 3.05. The minimum atomic E-state index is 0.0987. The molecule has 0 fully saturated rings. The summed E-state index contributed by atoms with van der Waals surface area (Å²) < 4.78 is 0. The van der Waals surface area contributed by atoms with E-state index in [0.29, 0.717) is 5.69 Å². The molecule has 62 valence electrons. The lowest BCUT2D eigenvalue weighted by molar-refractivity contribution is 0.470. The van der Waals surface area contributed by atoms with Gasteiger partial charge >= 0.3 is 0 Å². The Morgan fingerprint density at radius 2 is 2.33 bits per heavy atom. The number of nitrogens with two attached hydrogens (primary N) is 1. The van der Waals surface area contributed by atoms with Gasteiger partial charge in [0, 0.05) is 5.69 Å². The van der Waals surface area contributed by atoms with Gasteiger partial charge in [-0.1, -0.05) is 5.92 Å². The van der Waals surface area contributed by atoms with Crippen molar-refractivity contribution in [2.75, 3.05) is 6.54 Å². The largest absolute Gasteiger partial charge is 0.505 e. The van der Waals surface area contributed by atoms with Crippen molar-refractivity contribution >= 4 is 0 Å². The number of nitrogens with zero attached hydrogens (tertiary/aromatic N) is 1. The first-order chi connectivity index (χ1) is 5.74. The van der Waals surface area contributed by atoms with Gasteiger partial charge in [-0.05, 0) is 25.0 Å². The lowest BCUT2D eigenvalue weighted by Crippen LogP contribution is -1.94. The van der Waals surface area contributed by atoms with E-state index in [0.717, 1.165) is 5.69 Å². The van der Waals surface area contributed by atoms with Crippen LogP contribution in [0.15, 0.2) is 12.1 Å². The van der Waals surface area contributed by atoms with Crippen molar-refractivity contribution < 1.29 is 5.11 Å². The average molecular weight is 162 g/mol. The second-order valence-electron chi connectivity index (χ2n) is 2.33. The Kier molecular flexibility index (Phi) is 2.67. The summed E-state index contributed by atoms with van der Waals surface area (Å²) in [6, 6.07) is 3.30. The second-order valence-corrected chi connectivity index (χ2v) is 2.33. The van der Waals surface area contributed by atoms with E-state index in [1.807, 2.05) is 6.92 Å². The predicted molar refractivity (Wildman–Crippen MR) is 46.6 cm³/mol. The molecule has 0 atom stereocenters. The summed E-state index contributed by atoms with van der Waals surface area (Å²) in [4.78, 5) is 4.03. The van der Waals surface area contributed by atoms with E-state index in [4.69, 9.17) is 5.73 Å². The van der Waals surface area contributed by atoms with Crippen molar-refractivity contribution in [1.29, 1.82) is 0 Å². The average Bonchev–Trinajstić information content (AvgIpc) is 2.07. The smallest absolute Gasteiger partial charge is 0.155 e. The van der Waals surface area contributed by atoms with Crippen molar-refractivity contribution in [3.8, 4) is 17.6 Å². The third-order valence-corrected chi connectivity index (χ3v) is 1.32. The molecule has 0 aromatic carbocycles. The van der Waals surface area contributed by atoms with E-state index in [1.54, 1.807) is 12.1 Å². The molecule has 1 heterocycles. The topological polar surface area (TPSA) is 59.1 Å². The highest BCUT2D eigenvalue weighted by molar-refractivity contribution is 5.40. The van der Waals surface area contributed by atoms with Crippen LogP contribution >= 0.6 is 0 Å². The van der Waals surface area contributed by atoms with Gasteiger partial charge < -0.3 is 10.8 Å². The van der Waals surface area contributed by atoms with Crippen molar-refractivity contribution in [1.82, 2.24) is 4.98 Å². The summed E-state index contributed by atoms with van der Waals surface area (Å²) in [7, 11) is 0. The minimum absolute atomic E-state index is 0.0987. The molecule has 0 saturated heterocycles. The molecule has 12 heavy (non-hydrogen) atoms. The first-order valence-electron chi connectivity index (χ1n) is 3.59. The van der Waals surface area contributed by atoms with Gasteiger partial charge in [-0.3, -0.25) is 0 Å². The fraction of sp³-hybridized carbons (Fsp3) is 0.222. The number of aromatic nitrogens is 1. The molecule has 0 radical (unpaired) electrons. The standard InChI is InChI=1S/C9H10N2O/c1-7-4-5-9(12)8(11-7)3-2-6-10/h4-5,12H,6,10H2,1H3. The van der Waals surface area contributed by atoms with Crippen LogP contribution < -0.4 is 5.73 Å². The highest BCUT2D eigenvalue weighted by Gasteiger charge is 1.97. The van der Waals surface area contributed by atoms with E-state index >= 15 is 0 Å². The van der Waals surface area contributed by atoms with Crippen LogP contribution in [0.1, 0.15) is 11.4 Å². The molecule has 3 nitrogen and oxygen atoms in total. The molecule has 0 spiro atoms. The van der Waals surface area contributed by atoms with Gasteiger partial charge in [0.2, 0.25) is 0 Å². The van der Waals surface area contributed by atoms with Crippen molar-refractivity contribution in [2.45, 2.75) is 6.92 Å². The maximum absolute atomic E-state index is 9.26. The predicted octanol–water partition coefficient (Wildman–Crippen LogP) is 0.406. The molecular weight excluding hydrogens is 152 g/mol. The van der Waals surface area contributed by atoms with Crippen LogP contribution in [0.2, 0.25) is 0 Å². The fourth-order valence-corrected chi connectivity index (χ4v) is 0.776. The third-order valence-electron chi connectivity index (χ3n) is 1.32. The lowest BCUT2D eigenvalue weighted by Gasteiger charge is -1.96. The summed E-state index contributed by atoms with van der Waals surface area (Å²) in [6.07, 6.45) is 0. The quantitative estimate of drug-likeness (QED) is 0.543. The number of hydrogen-bond acceptors (Lipinski definition) is 3. The highest BCUT2D eigenvalue weighted by Crippen LogP contribution is 2.12. The van der Waals surface area contributed by atoms with Crippen LogP contribution in [0.5, 0.6) is 5.75 Å². The molecule has 0 saturated carbocycles. The van der Waals surface area contributed by atoms with Gasteiger partial charge in [-0.15, -0.1) is 0 Å². The van der Waals surface area contributed by atoms with Crippen LogP contribution in [-0.4, -0.2) is 16.6 Å². The molecule has 0 aliphatic rings. The highest BCUT2D eigenvalue weighted by atomic mass is 16.3. The number of aromatic hydroxyl groups is 1. The van der Waals surface area contributed by atoms with Crippen LogP contribution in [0.25, 0.3) is 0 Å². The van der Waals surface area contributed by atoms with E-state index in [1.165, 1.54) is 0 Å². The number of pyridine rings is 1. The summed E-state index contributed by atoms with van der Waals surface area (Å²) in [5.41, 5.74) is 6.40. The Morgan fingerprint density at radius 1 is 1.58 bits per heavy atom. The van der Waals surface area contributed by atoms with Gasteiger partial charge in [0.25, 0.3) is 0 Å². The van der Waals surface area contributed by atoms with Crippen LogP contribution in [0, 0.1) is 18.8 Å². The molecule has 1 rings (SSSR count). The molecule has 0 bridgehead atoms. The van der Waals surface area contributed by atoms with Gasteiger partial charge in [0.05, 0.1) is 6.54 Å². The first kappa shape index (κ1) is 8.57. The number of hydrogen-bond donors (Lipinski definition) is 2. The molecule has 3 heteroatoms. The van der Waals surface area contributed by atoms with Gasteiger partial charge in [0.15, 0.2) is 5.69 Å². The molecule has 0 aliphatic heterocycles. The summed E-state index contributed by atoms with van der Waals surface area (Å²) >= 11 is 0. The van der Waals surface area contributed by atoms with Gasteiger partial charge in [-0.2, -0.15) is 0 Å². The van der Waals surface area contributed by atoms with Crippen molar-refractivity contribution in [2.24, 2.45) is 5.73 Å². The molecular formula is C9H10N2O. The third kappa shape index (κ3) is 1.97. The fourth-order valence-electron chi connectivity index (χ4n) is 0.776. The first-order valence-corrected chi connectivity index (χ1v) is 3.59. The van der Waals surface area contributed by atoms with Crippen molar-refractivity contribution in [3.63, 3.8) is 0 Å². The van der Waals surface area contributed by atoms with Gasteiger partial charge in [0.1, 0.15) is 5.75 Å². The second kappa shape index (κ2) is 3.74. The number of aryl methyl sites for hydroxylation is 1. The zero-order valence-corrected chi connectivity index (χ0v) is 6.83. The maximum atomic E-state index is 9.26. The Hall–Kier alpha value is -1.53. The van der Waals surface area contributed by atoms with E-state index in [-0.39, 0.29) is 12.3 Å². The van der Waals surface area contributed by atoms with E-state index in [9.17, 15) is 5.11 Å². The molecule has 0 amide bonds.